The molecule has 0 saturated carbocycles. The molecule has 0 bridgehead atoms. The maximum Gasteiger partial charge on any atom is 0.308 e. The molecule has 0 aromatic heterocycles. The van der Waals surface area contributed by atoms with E-state index < -0.39 is 11.9 Å². The van der Waals surface area contributed by atoms with Crippen LogP contribution in [0.3, 0.4) is 0 Å². The summed E-state index contributed by atoms with van der Waals surface area (Å²) in [4.78, 5) is 25.1. The Morgan fingerprint density at radius 2 is 2.00 bits per heavy atom. The van der Waals surface area contributed by atoms with Gasteiger partial charge in [0, 0.05) is 13.1 Å². The van der Waals surface area contributed by atoms with Crippen LogP contribution >= 0.6 is 0 Å². The highest BCUT2D eigenvalue weighted by molar-refractivity contribution is 5.80. The summed E-state index contributed by atoms with van der Waals surface area (Å²) in [6, 6.07) is 7.94. The van der Waals surface area contributed by atoms with Gasteiger partial charge in [-0.05, 0) is 30.4 Å². The molecule has 1 amide bonds. The van der Waals surface area contributed by atoms with Crippen LogP contribution in [-0.4, -0.2) is 35.0 Å². The fourth-order valence-electron chi connectivity index (χ4n) is 2.75. The molecule has 0 radical (unpaired) electrons. The largest absolute Gasteiger partial charge is 0.481 e. The number of amides is 1. The van der Waals surface area contributed by atoms with Crippen molar-refractivity contribution in [1.29, 1.82) is 0 Å². The molecule has 1 N–H and O–H groups in total. The number of carboxylic acid groups (broad SMARTS) is 1. The second kappa shape index (κ2) is 6.55. The van der Waals surface area contributed by atoms with Crippen molar-refractivity contribution in [3.8, 4) is 0 Å². The van der Waals surface area contributed by atoms with Gasteiger partial charge in [0.25, 0.3) is 0 Å². The van der Waals surface area contributed by atoms with E-state index in [1.807, 2.05) is 24.3 Å². The molecule has 1 heterocycles. The van der Waals surface area contributed by atoms with Gasteiger partial charge in [0.1, 0.15) is 0 Å². The van der Waals surface area contributed by atoms with Crippen LogP contribution in [0.5, 0.6) is 0 Å². The van der Waals surface area contributed by atoms with E-state index in [1.54, 1.807) is 4.90 Å². The summed E-state index contributed by atoms with van der Waals surface area (Å²) in [5.41, 5.74) is 2.24. The molecule has 0 unspecified atom stereocenters. The molecule has 0 aliphatic carbocycles. The summed E-state index contributed by atoms with van der Waals surface area (Å²) >= 11 is 0. The van der Waals surface area contributed by atoms with Crippen molar-refractivity contribution in [3.63, 3.8) is 0 Å². The number of likely N-dealkylation sites (tertiary alicyclic amines) is 1. The average Bonchev–Trinajstić information content (AvgIpc) is 2.48. The van der Waals surface area contributed by atoms with Gasteiger partial charge in [-0.25, -0.2) is 0 Å². The number of benzene rings is 1. The smallest absolute Gasteiger partial charge is 0.308 e. The first-order valence-electron chi connectivity index (χ1n) is 7.19. The van der Waals surface area contributed by atoms with Gasteiger partial charge in [0.2, 0.25) is 5.91 Å². The van der Waals surface area contributed by atoms with Crippen molar-refractivity contribution in [3.05, 3.63) is 35.4 Å². The quantitative estimate of drug-likeness (QED) is 0.915. The Balaban J connectivity index is 2.02. The monoisotopic (exact) mass is 275 g/mol. The number of hydrogen-bond acceptors (Lipinski definition) is 2. The zero-order chi connectivity index (χ0) is 14.5. The summed E-state index contributed by atoms with van der Waals surface area (Å²) < 4.78 is 0. The number of piperidine rings is 1. The van der Waals surface area contributed by atoms with Crippen LogP contribution < -0.4 is 0 Å². The third kappa shape index (κ3) is 3.38. The third-order valence-electron chi connectivity index (χ3n) is 3.96. The van der Waals surface area contributed by atoms with E-state index in [0.29, 0.717) is 25.9 Å². The number of hydrogen-bond donors (Lipinski definition) is 1. The molecule has 4 heteroatoms. The second-order valence-electron chi connectivity index (χ2n) is 5.32. The summed E-state index contributed by atoms with van der Waals surface area (Å²) in [6.07, 6.45) is 2.72. The van der Waals surface area contributed by atoms with Crippen LogP contribution in [0.25, 0.3) is 0 Å². The van der Waals surface area contributed by atoms with Crippen LogP contribution in [0.15, 0.2) is 24.3 Å². The number of carbonyl (C=O) groups is 2. The summed E-state index contributed by atoms with van der Waals surface area (Å²) in [6.45, 7) is 3.10. The Morgan fingerprint density at radius 1 is 1.30 bits per heavy atom. The molecule has 1 aromatic rings. The molecule has 1 aliphatic rings. The number of rotatable bonds is 4. The number of aliphatic carboxylic acids is 1. The van der Waals surface area contributed by atoms with Gasteiger partial charge in [0.15, 0.2) is 0 Å². The summed E-state index contributed by atoms with van der Waals surface area (Å²) in [7, 11) is 0. The minimum absolute atomic E-state index is 0.0388. The van der Waals surface area contributed by atoms with Crippen LogP contribution in [0.2, 0.25) is 0 Å². The van der Waals surface area contributed by atoms with E-state index in [4.69, 9.17) is 5.11 Å². The lowest BCUT2D eigenvalue weighted by atomic mass is 9.97. The minimum atomic E-state index is -0.795. The van der Waals surface area contributed by atoms with Gasteiger partial charge < -0.3 is 10.0 Å². The highest BCUT2D eigenvalue weighted by Gasteiger charge is 2.28. The van der Waals surface area contributed by atoms with Crippen LogP contribution in [0.1, 0.15) is 30.9 Å². The highest BCUT2D eigenvalue weighted by atomic mass is 16.4. The molecule has 20 heavy (non-hydrogen) atoms. The zero-order valence-electron chi connectivity index (χ0n) is 11.8. The summed E-state index contributed by atoms with van der Waals surface area (Å²) in [5.74, 6) is -1.16. The predicted octanol–water partition coefficient (Wildman–Crippen LogP) is 2.11. The van der Waals surface area contributed by atoms with Gasteiger partial charge in [0.05, 0.1) is 12.3 Å². The van der Waals surface area contributed by atoms with Gasteiger partial charge >= 0.3 is 5.97 Å². The number of carboxylic acids is 1. The van der Waals surface area contributed by atoms with Crippen molar-refractivity contribution in [2.45, 2.75) is 32.6 Å². The SMILES string of the molecule is CCc1ccccc1CC(=O)N1CCC[C@H](C(=O)O)C1. The van der Waals surface area contributed by atoms with Crippen LogP contribution in [-0.2, 0) is 22.4 Å². The summed E-state index contributed by atoms with van der Waals surface area (Å²) in [5, 5.41) is 9.07. The molecule has 1 atom stereocenters. The van der Waals surface area contributed by atoms with Crippen molar-refractivity contribution < 1.29 is 14.7 Å². The molecule has 108 valence electrons. The Labute approximate surface area is 119 Å². The number of nitrogens with zero attached hydrogens (tertiary/aromatic N) is 1. The maximum absolute atomic E-state index is 12.3. The standard InChI is InChI=1S/C16H21NO3/c1-2-12-6-3-4-7-13(12)10-15(18)17-9-5-8-14(11-17)16(19)20/h3-4,6-7,14H,2,5,8-11H2,1H3,(H,19,20)/t14-/m0/s1. The lowest BCUT2D eigenvalue weighted by Gasteiger charge is -2.31. The Kier molecular flexibility index (Phi) is 4.77. The average molecular weight is 275 g/mol. The molecule has 1 aromatic carbocycles. The van der Waals surface area contributed by atoms with Crippen LogP contribution in [0.4, 0.5) is 0 Å². The molecule has 2 rings (SSSR count). The van der Waals surface area contributed by atoms with E-state index in [-0.39, 0.29) is 5.91 Å². The fourth-order valence-corrected chi connectivity index (χ4v) is 2.75. The molecule has 4 nitrogen and oxygen atoms in total. The van der Waals surface area contributed by atoms with Crippen molar-refractivity contribution >= 4 is 11.9 Å². The molecule has 1 saturated heterocycles. The second-order valence-corrected chi connectivity index (χ2v) is 5.32. The van der Waals surface area contributed by atoms with E-state index in [9.17, 15) is 9.59 Å². The Hall–Kier alpha value is -1.84. The lowest BCUT2D eigenvalue weighted by Crippen LogP contribution is -2.43. The van der Waals surface area contributed by atoms with Gasteiger partial charge in [-0.1, -0.05) is 31.2 Å². The molecule has 1 fully saturated rings. The number of aryl methyl sites for hydroxylation is 1. The molecular formula is C16H21NO3. The maximum atomic E-state index is 12.3. The van der Waals surface area contributed by atoms with Crippen LogP contribution in [0, 0.1) is 5.92 Å². The van der Waals surface area contributed by atoms with Crippen molar-refractivity contribution in [2.24, 2.45) is 5.92 Å². The highest BCUT2D eigenvalue weighted by Crippen LogP contribution is 2.18. The van der Waals surface area contributed by atoms with Gasteiger partial charge in [-0.2, -0.15) is 0 Å². The van der Waals surface area contributed by atoms with E-state index in [0.717, 1.165) is 18.4 Å². The van der Waals surface area contributed by atoms with Gasteiger partial charge in [-0.3, -0.25) is 9.59 Å². The van der Waals surface area contributed by atoms with E-state index in [1.165, 1.54) is 5.56 Å². The van der Waals surface area contributed by atoms with Crippen molar-refractivity contribution in [2.75, 3.05) is 13.1 Å². The Morgan fingerprint density at radius 3 is 2.65 bits per heavy atom. The minimum Gasteiger partial charge on any atom is -0.481 e. The normalized spacial score (nSPS) is 18.9. The molecular weight excluding hydrogens is 254 g/mol. The zero-order valence-corrected chi connectivity index (χ0v) is 11.8. The molecule has 1 aliphatic heterocycles. The number of carbonyl (C=O) groups excluding carboxylic acids is 1. The molecule has 0 spiro atoms. The van der Waals surface area contributed by atoms with Gasteiger partial charge in [-0.15, -0.1) is 0 Å². The predicted molar refractivity (Wildman–Crippen MR) is 76.5 cm³/mol. The topological polar surface area (TPSA) is 57.6 Å². The first-order valence-corrected chi connectivity index (χ1v) is 7.19. The third-order valence-corrected chi connectivity index (χ3v) is 3.96. The first-order chi connectivity index (χ1) is 9.61. The van der Waals surface area contributed by atoms with E-state index in [2.05, 4.69) is 6.92 Å². The van der Waals surface area contributed by atoms with Crippen molar-refractivity contribution in [1.82, 2.24) is 4.90 Å². The van der Waals surface area contributed by atoms with E-state index >= 15 is 0 Å². The first kappa shape index (κ1) is 14.6. The lowest BCUT2D eigenvalue weighted by molar-refractivity contribution is -0.145. The fraction of sp³-hybridized carbons (Fsp3) is 0.500. The Bertz CT molecular complexity index is 498.